The maximum Gasteiger partial charge on any atom is 0.273 e. The minimum absolute atomic E-state index is 0.0931. The molecule has 2 saturated heterocycles. The third-order valence-corrected chi connectivity index (χ3v) is 6.17. The fourth-order valence-electron chi connectivity index (χ4n) is 4.30. The van der Waals surface area contributed by atoms with Gasteiger partial charge in [-0.1, -0.05) is 0 Å². The zero-order valence-corrected chi connectivity index (χ0v) is 19.0. The number of anilines is 2. The summed E-state index contributed by atoms with van der Waals surface area (Å²) in [5.74, 6) is -1.29. The van der Waals surface area contributed by atoms with E-state index in [0.29, 0.717) is 43.1 Å². The molecule has 34 heavy (non-hydrogen) atoms. The Bertz CT molecular complexity index is 1140. The zero-order chi connectivity index (χ0) is 24.2. The maximum atomic E-state index is 13.5. The van der Waals surface area contributed by atoms with Crippen molar-refractivity contribution in [2.45, 2.75) is 25.7 Å². The number of nitrogens with zero attached hydrogens (tertiary/aromatic N) is 3. The Morgan fingerprint density at radius 1 is 1.00 bits per heavy atom. The summed E-state index contributed by atoms with van der Waals surface area (Å²) in [6.07, 6.45) is 2.77. The molecule has 0 bridgehead atoms. The van der Waals surface area contributed by atoms with Crippen LogP contribution >= 0.6 is 0 Å². The van der Waals surface area contributed by atoms with E-state index in [1.54, 1.807) is 53.3 Å². The number of benzene rings is 2. The monoisotopic (exact) mass is 461 g/mol. The van der Waals surface area contributed by atoms with Gasteiger partial charge < -0.3 is 20.3 Å². The molecule has 2 aliphatic heterocycles. The van der Waals surface area contributed by atoms with E-state index in [1.165, 1.54) is 0 Å². The molecule has 2 aliphatic rings. The van der Waals surface area contributed by atoms with Crippen LogP contribution in [0.2, 0.25) is 0 Å². The quantitative estimate of drug-likeness (QED) is 0.641. The average molecular weight is 462 g/mol. The first-order chi connectivity index (χ1) is 16.4. The number of hydrogen-bond acceptors (Lipinski definition) is 6. The first kappa shape index (κ1) is 23.2. The van der Waals surface area contributed by atoms with Gasteiger partial charge in [0.2, 0.25) is 5.91 Å². The summed E-state index contributed by atoms with van der Waals surface area (Å²) in [5, 5.41) is 8.14. The highest BCUT2D eigenvalue weighted by atomic mass is 16.5. The molecule has 3 N–H and O–H groups in total. The van der Waals surface area contributed by atoms with Crippen LogP contribution in [-0.4, -0.2) is 49.3 Å². The molecule has 9 heteroatoms. The molecule has 4 rings (SSSR count). The van der Waals surface area contributed by atoms with Crippen LogP contribution in [0.4, 0.5) is 17.1 Å². The van der Waals surface area contributed by atoms with E-state index in [2.05, 4.69) is 4.99 Å². The molecule has 2 aromatic rings. The van der Waals surface area contributed by atoms with Gasteiger partial charge in [0.25, 0.3) is 11.8 Å². The van der Waals surface area contributed by atoms with Crippen molar-refractivity contribution >= 4 is 46.2 Å². The van der Waals surface area contributed by atoms with E-state index in [9.17, 15) is 14.4 Å². The molecule has 176 valence electrons. The Morgan fingerprint density at radius 2 is 1.65 bits per heavy atom. The molecular formula is C25H27N5O4. The summed E-state index contributed by atoms with van der Waals surface area (Å²) in [6.45, 7) is 0.999. The smallest absolute Gasteiger partial charge is 0.273 e. The number of nitrogens with two attached hydrogens (primary N) is 1. The van der Waals surface area contributed by atoms with E-state index in [0.717, 1.165) is 18.5 Å². The highest BCUT2D eigenvalue weighted by Crippen LogP contribution is 2.29. The van der Waals surface area contributed by atoms with E-state index < -0.39 is 11.8 Å². The molecule has 1 atom stereocenters. The van der Waals surface area contributed by atoms with Crippen molar-refractivity contribution in [3.05, 3.63) is 48.5 Å². The summed E-state index contributed by atoms with van der Waals surface area (Å²) in [4.78, 5) is 45.3. The average Bonchev–Trinajstić information content (AvgIpc) is 2.85. The van der Waals surface area contributed by atoms with Gasteiger partial charge in [0, 0.05) is 30.9 Å². The highest BCUT2D eigenvalue weighted by molar-refractivity contribution is 6.54. The number of carbonyl (C=O) groups is 3. The number of methoxy groups -OCH3 is 1. The number of carbonyl (C=O) groups excluding carboxylic acids is 3. The number of hydrogen-bond donors (Lipinski definition) is 2. The first-order valence-electron chi connectivity index (χ1n) is 11.2. The predicted molar refractivity (Wildman–Crippen MR) is 130 cm³/mol. The van der Waals surface area contributed by atoms with Crippen molar-refractivity contribution in [2.75, 3.05) is 30.0 Å². The normalized spacial score (nSPS) is 19.9. The molecule has 2 fully saturated rings. The minimum Gasteiger partial charge on any atom is -0.497 e. The fourth-order valence-corrected chi connectivity index (χ4v) is 4.30. The van der Waals surface area contributed by atoms with Crippen LogP contribution in [0.25, 0.3) is 0 Å². The van der Waals surface area contributed by atoms with Gasteiger partial charge >= 0.3 is 0 Å². The van der Waals surface area contributed by atoms with Gasteiger partial charge in [-0.15, -0.1) is 0 Å². The Balaban J connectivity index is 1.63. The van der Waals surface area contributed by atoms with Gasteiger partial charge in [0.1, 0.15) is 17.2 Å². The number of ether oxygens (including phenoxy) is 1. The summed E-state index contributed by atoms with van der Waals surface area (Å²) in [7, 11) is 1.56. The van der Waals surface area contributed by atoms with Gasteiger partial charge in [-0.05, 0) is 67.8 Å². The lowest BCUT2D eigenvalue weighted by Crippen LogP contribution is -2.50. The maximum absolute atomic E-state index is 13.5. The molecule has 0 saturated carbocycles. The van der Waals surface area contributed by atoms with Gasteiger partial charge in [0.15, 0.2) is 0 Å². The van der Waals surface area contributed by atoms with Crippen LogP contribution in [0.1, 0.15) is 25.7 Å². The van der Waals surface area contributed by atoms with Gasteiger partial charge in [-0.3, -0.25) is 19.8 Å². The minimum atomic E-state index is -0.871. The molecule has 3 amide bonds. The molecule has 1 unspecified atom stereocenters. The van der Waals surface area contributed by atoms with Crippen LogP contribution in [0.3, 0.4) is 0 Å². The summed E-state index contributed by atoms with van der Waals surface area (Å²) < 4.78 is 5.16. The Morgan fingerprint density at radius 3 is 2.24 bits per heavy atom. The molecule has 0 radical (unpaired) electrons. The van der Waals surface area contributed by atoms with Crippen LogP contribution in [-0.2, 0) is 14.4 Å². The van der Waals surface area contributed by atoms with Gasteiger partial charge in [-0.2, -0.15) is 0 Å². The van der Waals surface area contributed by atoms with Crippen LogP contribution < -0.4 is 20.3 Å². The number of amides is 3. The molecular weight excluding hydrogens is 434 g/mol. The second-order valence-corrected chi connectivity index (χ2v) is 8.29. The SMILES string of the molecule is COc1ccc(N=C2C(=O)N(c3ccc(N4CCCCC4=O)cc3)CCC2C(=N)C(N)=O)cc1. The number of nitrogens with one attached hydrogen (secondary N) is 1. The van der Waals surface area contributed by atoms with Gasteiger partial charge in [-0.25, -0.2) is 4.99 Å². The molecule has 2 aromatic carbocycles. The third kappa shape index (κ3) is 4.68. The lowest BCUT2D eigenvalue weighted by atomic mass is 9.88. The van der Waals surface area contributed by atoms with Crippen molar-refractivity contribution in [3.63, 3.8) is 0 Å². The predicted octanol–water partition coefficient (Wildman–Crippen LogP) is 2.84. The Labute approximate surface area is 197 Å². The number of primary amides is 1. The summed E-state index contributed by atoms with van der Waals surface area (Å²) in [6, 6.07) is 14.1. The molecule has 0 spiro atoms. The van der Waals surface area contributed by atoms with E-state index >= 15 is 0 Å². The van der Waals surface area contributed by atoms with Crippen LogP contribution in [0.5, 0.6) is 5.75 Å². The van der Waals surface area contributed by atoms with Crippen LogP contribution in [0.15, 0.2) is 53.5 Å². The summed E-state index contributed by atoms with van der Waals surface area (Å²) in [5.41, 5.74) is 7.09. The fraction of sp³-hybridized carbons (Fsp3) is 0.320. The van der Waals surface area contributed by atoms with E-state index in [1.807, 2.05) is 12.1 Å². The third-order valence-electron chi connectivity index (χ3n) is 6.17. The van der Waals surface area contributed by atoms with E-state index in [4.69, 9.17) is 15.9 Å². The Hall–Kier alpha value is -4.01. The van der Waals surface area contributed by atoms with Crippen LogP contribution in [0, 0.1) is 11.3 Å². The van der Waals surface area contributed by atoms with Crippen molar-refractivity contribution < 1.29 is 19.1 Å². The molecule has 0 aliphatic carbocycles. The number of rotatable bonds is 6. The van der Waals surface area contributed by atoms with E-state index in [-0.39, 0.29) is 23.2 Å². The summed E-state index contributed by atoms with van der Waals surface area (Å²) >= 11 is 0. The van der Waals surface area contributed by atoms with Gasteiger partial charge in [0.05, 0.1) is 18.7 Å². The lowest BCUT2D eigenvalue weighted by molar-refractivity contribution is -0.119. The highest BCUT2D eigenvalue weighted by Gasteiger charge is 2.37. The molecule has 9 nitrogen and oxygen atoms in total. The standard InChI is InChI=1S/C25H27N5O4/c1-34-19-11-5-16(6-12-19)28-23-20(22(26)24(27)32)13-15-30(25(23)33)18-9-7-17(8-10-18)29-14-3-2-4-21(29)31/h5-12,20,26H,2-4,13-15H2,1H3,(H2,27,32). The topological polar surface area (TPSA) is 129 Å². The van der Waals surface area contributed by atoms with Crippen molar-refractivity contribution in [1.82, 2.24) is 0 Å². The molecule has 2 heterocycles. The molecule has 0 aromatic heterocycles. The lowest BCUT2D eigenvalue weighted by Gasteiger charge is -2.33. The largest absolute Gasteiger partial charge is 0.497 e. The number of aliphatic imine (C=N–C) groups is 1. The van der Waals surface area contributed by atoms with Crippen molar-refractivity contribution in [2.24, 2.45) is 16.6 Å². The Kier molecular flexibility index (Phi) is 6.72. The van der Waals surface area contributed by atoms with Crippen molar-refractivity contribution in [1.29, 1.82) is 5.41 Å². The zero-order valence-electron chi connectivity index (χ0n) is 19.0. The second kappa shape index (κ2) is 9.86. The second-order valence-electron chi connectivity index (χ2n) is 8.29. The van der Waals surface area contributed by atoms with Crippen molar-refractivity contribution in [3.8, 4) is 5.75 Å². The first-order valence-corrected chi connectivity index (χ1v) is 11.2. The number of piperidine rings is 2.